The average Bonchev–Trinajstić information content (AvgIpc) is 2.81. The van der Waals surface area contributed by atoms with Gasteiger partial charge in [0.05, 0.1) is 6.54 Å². The zero-order valence-electron chi connectivity index (χ0n) is 11.6. The molecule has 0 radical (unpaired) electrons. The Morgan fingerprint density at radius 2 is 2.30 bits per heavy atom. The predicted octanol–water partition coefficient (Wildman–Crippen LogP) is 2.43. The number of aryl methyl sites for hydroxylation is 1. The van der Waals surface area contributed by atoms with Crippen LogP contribution in [0.2, 0.25) is 5.02 Å². The molecule has 1 saturated heterocycles. The smallest absolute Gasteiger partial charge is 0.238 e. The van der Waals surface area contributed by atoms with Crippen LogP contribution in [-0.2, 0) is 4.79 Å². The molecule has 1 heterocycles. The number of rotatable bonds is 4. The molecular formula is C14H21Cl2N3O. The Kier molecular flexibility index (Phi) is 6.76. The van der Waals surface area contributed by atoms with Gasteiger partial charge in [-0.15, -0.1) is 12.4 Å². The molecule has 0 bridgehead atoms. The number of amides is 1. The molecule has 112 valence electrons. The second-order valence-corrected chi connectivity index (χ2v) is 5.45. The summed E-state index contributed by atoms with van der Waals surface area (Å²) in [5, 5.41) is 3.54. The molecule has 1 fully saturated rings. The highest BCUT2D eigenvalue weighted by atomic mass is 35.5. The summed E-state index contributed by atoms with van der Waals surface area (Å²) < 4.78 is 0. The first-order chi connectivity index (χ1) is 9.10. The fourth-order valence-electron chi connectivity index (χ4n) is 2.47. The first kappa shape index (κ1) is 17.2. The fraction of sp³-hybridized carbons (Fsp3) is 0.500. The van der Waals surface area contributed by atoms with Gasteiger partial charge in [0.1, 0.15) is 0 Å². The Hall–Kier alpha value is -0.810. The summed E-state index contributed by atoms with van der Waals surface area (Å²) in [6.45, 7) is 3.91. The number of carbonyl (C=O) groups is 1. The number of likely N-dealkylation sites (tertiary alicyclic amines) is 1. The van der Waals surface area contributed by atoms with Crippen molar-refractivity contribution in [3.8, 4) is 0 Å². The van der Waals surface area contributed by atoms with Crippen molar-refractivity contribution in [3.05, 3.63) is 28.8 Å². The number of nitrogens with one attached hydrogen (secondary N) is 1. The molecule has 20 heavy (non-hydrogen) atoms. The molecule has 1 aliphatic rings. The first-order valence-electron chi connectivity index (χ1n) is 6.60. The molecule has 1 unspecified atom stereocenters. The summed E-state index contributed by atoms with van der Waals surface area (Å²) >= 11 is 5.94. The van der Waals surface area contributed by atoms with Crippen LogP contribution < -0.4 is 11.1 Å². The standard InChI is InChI=1S/C14H20ClN3O.ClH/c1-10-4-5-11(15)7-13(10)17-14(19)9-18-6-2-3-12(18)8-16;/h4-5,7,12H,2-3,6,8-9,16H2,1H3,(H,17,19);1H. The zero-order valence-corrected chi connectivity index (χ0v) is 13.1. The summed E-state index contributed by atoms with van der Waals surface area (Å²) in [5.74, 6) is -0.00860. The van der Waals surface area contributed by atoms with E-state index in [9.17, 15) is 4.79 Å². The van der Waals surface area contributed by atoms with Crippen LogP contribution in [-0.4, -0.2) is 36.5 Å². The normalized spacial score (nSPS) is 18.6. The maximum absolute atomic E-state index is 12.1. The Bertz CT molecular complexity index is 468. The third kappa shape index (κ3) is 4.35. The van der Waals surface area contributed by atoms with E-state index in [1.165, 1.54) is 0 Å². The highest BCUT2D eigenvalue weighted by Gasteiger charge is 2.24. The number of carbonyl (C=O) groups excluding carboxylic acids is 1. The molecule has 1 aromatic rings. The largest absolute Gasteiger partial charge is 0.329 e. The van der Waals surface area contributed by atoms with Crippen LogP contribution in [0.4, 0.5) is 5.69 Å². The molecule has 1 aromatic carbocycles. The van der Waals surface area contributed by atoms with E-state index in [1.807, 2.05) is 19.1 Å². The summed E-state index contributed by atoms with van der Waals surface area (Å²) in [7, 11) is 0. The lowest BCUT2D eigenvalue weighted by Crippen LogP contribution is -2.40. The van der Waals surface area contributed by atoms with Crippen molar-refractivity contribution in [2.24, 2.45) is 5.73 Å². The average molecular weight is 318 g/mol. The van der Waals surface area contributed by atoms with Crippen molar-refractivity contribution >= 4 is 35.6 Å². The zero-order chi connectivity index (χ0) is 13.8. The number of nitrogens with zero attached hydrogens (tertiary/aromatic N) is 1. The topological polar surface area (TPSA) is 58.4 Å². The second kappa shape index (κ2) is 7.84. The monoisotopic (exact) mass is 317 g/mol. The number of halogens is 2. The summed E-state index contributed by atoms with van der Waals surface area (Å²) in [5.41, 5.74) is 7.49. The fourth-order valence-corrected chi connectivity index (χ4v) is 2.65. The lowest BCUT2D eigenvalue weighted by molar-refractivity contribution is -0.117. The maximum Gasteiger partial charge on any atom is 0.238 e. The van der Waals surface area contributed by atoms with Crippen LogP contribution in [0.3, 0.4) is 0 Å². The molecule has 6 heteroatoms. The van der Waals surface area contributed by atoms with Crippen LogP contribution in [0.15, 0.2) is 18.2 Å². The van der Waals surface area contributed by atoms with Gasteiger partial charge in [0, 0.05) is 23.3 Å². The van der Waals surface area contributed by atoms with E-state index in [0.717, 1.165) is 30.6 Å². The van der Waals surface area contributed by atoms with Crippen molar-refractivity contribution in [1.82, 2.24) is 4.90 Å². The number of hydrogen-bond donors (Lipinski definition) is 2. The highest BCUT2D eigenvalue weighted by molar-refractivity contribution is 6.31. The molecule has 4 nitrogen and oxygen atoms in total. The van der Waals surface area contributed by atoms with Crippen molar-refractivity contribution in [2.45, 2.75) is 25.8 Å². The Labute approximate surface area is 131 Å². The van der Waals surface area contributed by atoms with E-state index in [-0.39, 0.29) is 18.3 Å². The van der Waals surface area contributed by atoms with E-state index in [1.54, 1.807) is 6.07 Å². The van der Waals surface area contributed by atoms with Gasteiger partial charge in [-0.25, -0.2) is 0 Å². The van der Waals surface area contributed by atoms with Gasteiger partial charge in [-0.3, -0.25) is 9.69 Å². The van der Waals surface area contributed by atoms with Gasteiger partial charge in [0.2, 0.25) is 5.91 Å². The summed E-state index contributed by atoms with van der Waals surface area (Å²) in [4.78, 5) is 14.2. The van der Waals surface area contributed by atoms with Gasteiger partial charge in [-0.2, -0.15) is 0 Å². The molecule has 0 spiro atoms. The number of nitrogens with two attached hydrogens (primary N) is 1. The highest BCUT2D eigenvalue weighted by Crippen LogP contribution is 2.21. The Morgan fingerprint density at radius 1 is 1.55 bits per heavy atom. The van der Waals surface area contributed by atoms with Crippen molar-refractivity contribution in [3.63, 3.8) is 0 Å². The lowest BCUT2D eigenvalue weighted by atomic mass is 10.2. The summed E-state index contributed by atoms with van der Waals surface area (Å²) in [6.07, 6.45) is 2.20. The first-order valence-corrected chi connectivity index (χ1v) is 6.98. The molecule has 0 saturated carbocycles. The van der Waals surface area contributed by atoms with Gasteiger partial charge < -0.3 is 11.1 Å². The van der Waals surface area contributed by atoms with Gasteiger partial charge in [0.15, 0.2) is 0 Å². The van der Waals surface area contributed by atoms with Crippen molar-refractivity contribution < 1.29 is 4.79 Å². The second-order valence-electron chi connectivity index (χ2n) is 5.01. The van der Waals surface area contributed by atoms with E-state index in [0.29, 0.717) is 24.2 Å². The minimum Gasteiger partial charge on any atom is -0.329 e. The molecule has 3 N–H and O–H groups in total. The molecule has 2 rings (SSSR count). The van der Waals surface area contributed by atoms with Crippen LogP contribution in [0.25, 0.3) is 0 Å². The van der Waals surface area contributed by atoms with Gasteiger partial charge in [-0.05, 0) is 44.0 Å². The van der Waals surface area contributed by atoms with Crippen molar-refractivity contribution in [2.75, 3.05) is 25.0 Å². The number of benzene rings is 1. The van der Waals surface area contributed by atoms with E-state index in [4.69, 9.17) is 17.3 Å². The number of anilines is 1. The van der Waals surface area contributed by atoms with Crippen LogP contribution in [0.1, 0.15) is 18.4 Å². The Balaban J connectivity index is 0.00000200. The third-order valence-electron chi connectivity index (χ3n) is 3.59. The maximum atomic E-state index is 12.1. The minimum atomic E-state index is -0.00860. The van der Waals surface area contributed by atoms with Crippen molar-refractivity contribution in [1.29, 1.82) is 0 Å². The van der Waals surface area contributed by atoms with Gasteiger partial charge >= 0.3 is 0 Å². The molecule has 1 atom stereocenters. The van der Waals surface area contributed by atoms with Crippen LogP contribution >= 0.6 is 24.0 Å². The summed E-state index contributed by atoms with van der Waals surface area (Å²) in [6, 6.07) is 5.83. The van der Waals surface area contributed by atoms with E-state index in [2.05, 4.69) is 10.2 Å². The minimum absolute atomic E-state index is 0. The molecule has 1 amide bonds. The lowest BCUT2D eigenvalue weighted by Gasteiger charge is -2.22. The Morgan fingerprint density at radius 3 is 3.00 bits per heavy atom. The molecule has 0 aliphatic carbocycles. The SMILES string of the molecule is Cc1ccc(Cl)cc1NC(=O)CN1CCCC1CN.Cl. The van der Waals surface area contributed by atoms with Gasteiger partial charge in [0.25, 0.3) is 0 Å². The van der Waals surface area contributed by atoms with Crippen LogP contribution in [0, 0.1) is 6.92 Å². The third-order valence-corrected chi connectivity index (χ3v) is 3.83. The quantitative estimate of drug-likeness (QED) is 0.896. The van der Waals surface area contributed by atoms with E-state index >= 15 is 0 Å². The van der Waals surface area contributed by atoms with Gasteiger partial charge in [-0.1, -0.05) is 17.7 Å². The number of hydrogen-bond acceptors (Lipinski definition) is 3. The van der Waals surface area contributed by atoms with E-state index < -0.39 is 0 Å². The predicted molar refractivity (Wildman–Crippen MR) is 85.7 cm³/mol. The molecule has 1 aliphatic heterocycles. The molecule has 0 aromatic heterocycles. The van der Waals surface area contributed by atoms with Crippen LogP contribution in [0.5, 0.6) is 0 Å². The molecular weight excluding hydrogens is 297 g/mol.